The Kier molecular flexibility index (Phi) is 5.45. The van der Waals surface area contributed by atoms with E-state index in [1.54, 1.807) is 0 Å². The van der Waals surface area contributed by atoms with Crippen molar-refractivity contribution in [1.82, 2.24) is 5.32 Å². The lowest BCUT2D eigenvalue weighted by molar-refractivity contribution is 0.499. The zero-order chi connectivity index (χ0) is 12.8. The first kappa shape index (κ1) is 13.8. The second kappa shape index (κ2) is 7.10. The van der Waals surface area contributed by atoms with Crippen molar-refractivity contribution in [2.24, 2.45) is 5.92 Å². The van der Waals surface area contributed by atoms with Crippen LogP contribution in [0.3, 0.4) is 0 Å². The molecule has 1 nitrogen and oxygen atoms in total. The minimum atomic E-state index is -0.517. The van der Waals surface area contributed by atoms with E-state index in [1.165, 1.54) is 49.6 Å². The third kappa shape index (κ3) is 4.25. The molecule has 0 saturated heterocycles. The molecule has 1 N–H and O–H groups in total. The number of nitrogens with one attached hydrogen (secondary N) is 1. The minimum absolute atomic E-state index is 0.462. The molecule has 0 heterocycles. The Morgan fingerprint density at radius 1 is 1.22 bits per heavy atom. The fourth-order valence-electron chi connectivity index (χ4n) is 2.35. The topological polar surface area (TPSA) is 12.0 Å². The van der Waals surface area contributed by atoms with Crippen LogP contribution >= 0.6 is 11.8 Å². The minimum Gasteiger partial charge on any atom is -0.316 e. The Morgan fingerprint density at radius 2 is 2.00 bits per heavy atom. The number of hydrogen-bond acceptors (Lipinski definition) is 2. The molecule has 0 bridgehead atoms. The molecule has 0 aromatic heterocycles. The van der Waals surface area contributed by atoms with E-state index >= 15 is 0 Å². The highest BCUT2D eigenvalue weighted by molar-refractivity contribution is 7.99. The van der Waals surface area contributed by atoms with Crippen LogP contribution < -0.4 is 5.32 Å². The van der Waals surface area contributed by atoms with Gasteiger partial charge in [-0.3, -0.25) is 0 Å². The van der Waals surface area contributed by atoms with E-state index in [0.29, 0.717) is 4.90 Å². The molecule has 0 radical (unpaired) electrons. The highest BCUT2D eigenvalue weighted by Crippen LogP contribution is 2.24. The SMILES string of the molecule is Fc1ccc(SCCNCC2CCCC2)c(F)c1. The Hall–Kier alpha value is -0.610. The molecule has 0 spiro atoms. The first-order valence-electron chi connectivity index (χ1n) is 6.54. The lowest BCUT2D eigenvalue weighted by Gasteiger charge is -2.10. The number of rotatable bonds is 6. The summed E-state index contributed by atoms with van der Waals surface area (Å²) < 4.78 is 26.0. The normalized spacial score (nSPS) is 16.3. The van der Waals surface area contributed by atoms with Crippen molar-refractivity contribution in [3.63, 3.8) is 0 Å². The van der Waals surface area contributed by atoms with Gasteiger partial charge in [0.05, 0.1) is 0 Å². The van der Waals surface area contributed by atoms with Gasteiger partial charge in [-0.15, -0.1) is 11.8 Å². The van der Waals surface area contributed by atoms with Crippen molar-refractivity contribution < 1.29 is 8.78 Å². The molecule has 1 aromatic rings. The van der Waals surface area contributed by atoms with Crippen LogP contribution in [0.15, 0.2) is 23.1 Å². The molecule has 100 valence electrons. The predicted octanol–water partition coefficient (Wildman–Crippen LogP) is 3.84. The van der Waals surface area contributed by atoms with Gasteiger partial charge in [-0.2, -0.15) is 0 Å². The van der Waals surface area contributed by atoms with E-state index in [-0.39, 0.29) is 0 Å². The van der Waals surface area contributed by atoms with Crippen molar-refractivity contribution in [2.45, 2.75) is 30.6 Å². The molecule has 0 amide bonds. The summed E-state index contributed by atoms with van der Waals surface area (Å²) >= 11 is 1.43. The third-order valence-electron chi connectivity index (χ3n) is 3.34. The first-order chi connectivity index (χ1) is 8.75. The first-order valence-corrected chi connectivity index (χ1v) is 7.53. The van der Waals surface area contributed by atoms with Crippen molar-refractivity contribution in [1.29, 1.82) is 0 Å². The van der Waals surface area contributed by atoms with Crippen LogP contribution in [0.25, 0.3) is 0 Å². The van der Waals surface area contributed by atoms with E-state index in [4.69, 9.17) is 0 Å². The fraction of sp³-hybridized carbons (Fsp3) is 0.571. The highest BCUT2D eigenvalue weighted by atomic mass is 32.2. The summed E-state index contributed by atoms with van der Waals surface area (Å²) in [7, 11) is 0. The van der Waals surface area contributed by atoms with E-state index in [1.807, 2.05) is 0 Å². The zero-order valence-electron chi connectivity index (χ0n) is 10.4. The molecule has 1 saturated carbocycles. The average Bonchev–Trinajstić information content (AvgIpc) is 2.84. The van der Waals surface area contributed by atoms with Gasteiger partial charge in [0, 0.05) is 23.3 Å². The molecule has 4 heteroatoms. The van der Waals surface area contributed by atoms with Gasteiger partial charge in [-0.25, -0.2) is 8.78 Å². The molecule has 2 rings (SSSR count). The summed E-state index contributed by atoms with van der Waals surface area (Å²) in [6, 6.07) is 3.75. The quantitative estimate of drug-likeness (QED) is 0.623. The van der Waals surface area contributed by atoms with E-state index < -0.39 is 11.6 Å². The lowest BCUT2D eigenvalue weighted by atomic mass is 10.1. The van der Waals surface area contributed by atoms with Crippen molar-refractivity contribution >= 4 is 11.8 Å². The molecule has 1 fully saturated rings. The molecule has 0 atom stereocenters. The van der Waals surface area contributed by atoms with E-state index in [0.717, 1.165) is 30.8 Å². The predicted molar refractivity (Wildman–Crippen MR) is 71.9 cm³/mol. The van der Waals surface area contributed by atoms with Crippen molar-refractivity contribution in [3.8, 4) is 0 Å². The summed E-state index contributed by atoms with van der Waals surface area (Å²) in [6.45, 7) is 1.95. The number of halogens is 2. The van der Waals surface area contributed by atoms with Crippen LogP contribution in [-0.2, 0) is 0 Å². The smallest absolute Gasteiger partial charge is 0.139 e. The average molecular weight is 271 g/mol. The maximum absolute atomic E-state index is 13.3. The van der Waals surface area contributed by atoms with Crippen LogP contribution in [-0.4, -0.2) is 18.8 Å². The summed E-state index contributed by atoms with van der Waals surface area (Å²) in [6.07, 6.45) is 5.41. The lowest BCUT2D eigenvalue weighted by Crippen LogP contribution is -2.23. The number of benzene rings is 1. The van der Waals surface area contributed by atoms with Crippen LogP contribution in [0.1, 0.15) is 25.7 Å². The molecule has 1 aromatic carbocycles. The van der Waals surface area contributed by atoms with Crippen LogP contribution in [0.5, 0.6) is 0 Å². The summed E-state index contributed by atoms with van der Waals surface area (Å²) in [5.41, 5.74) is 0. The third-order valence-corrected chi connectivity index (χ3v) is 4.39. The Labute approximate surface area is 111 Å². The van der Waals surface area contributed by atoms with Crippen LogP contribution in [0, 0.1) is 17.6 Å². The van der Waals surface area contributed by atoms with Gasteiger partial charge in [-0.1, -0.05) is 12.8 Å². The molecule has 1 aliphatic rings. The van der Waals surface area contributed by atoms with Gasteiger partial charge in [0.15, 0.2) is 0 Å². The Bertz CT molecular complexity index is 378. The van der Waals surface area contributed by atoms with Crippen molar-refractivity contribution in [2.75, 3.05) is 18.8 Å². The molecular weight excluding hydrogens is 252 g/mol. The summed E-state index contributed by atoms with van der Waals surface area (Å²) in [5, 5.41) is 3.41. The zero-order valence-corrected chi connectivity index (χ0v) is 11.2. The summed E-state index contributed by atoms with van der Waals surface area (Å²) in [4.78, 5) is 0.527. The molecule has 1 aliphatic carbocycles. The molecular formula is C14H19F2NS. The van der Waals surface area contributed by atoms with Crippen LogP contribution in [0.2, 0.25) is 0 Å². The van der Waals surface area contributed by atoms with Gasteiger partial charge < -0.3 is 5.32 Å². The largest absolute Gasteiger partial charge is 0.316 e. The second-order valence-electron chi connectivity index (χ2n) is 4.78. The Morgan fingerprint density at radius 3 is 2.72 bits per heavy atom. The monoisotopic (exact) mass is 271 g/mol. The molecule has 0 unspecified atom stereocenters. The standard InChI is InChI=1S/C14H19F2NS/c15-12-5-6-14(13(16)9-12)18-8-7-17-10-11-3-1-2-4-11/h5-6,9,11,17H,1-4,7-8,10H2. The van der Waals surface area contributed by atoms with Gasteiger partial charge in [0.25, 0.3) is 0 Å². The van der Waals surface area contributed by atoms with Gasteiger partial charge in [0.1, 0.15) is 11.6 Å². The molecule has 0 aliphatic heterocycles. The Balaban J connectivity index is 1.62. The van der Waals surface area contributed by atoms with Gasteiger partial charge in [0.2, 0.25) is 0 Å². The number of hydrogen-bond donors (Lipinski definition) is 1. The molecule has 18 heavy (non-hydrogen) atoms. The van der Waals surface area contributed by atoms with E-state index in [2.05, 4.69) is 5.32 Å². The van der Waals surface area contributed by atoms with Gasteiger partial charge >= 0.3 is 0 Å². The number of thioether (sulfide) groups is 1. The second-order valence-corrected chi connectivity index (χ2v) is 5.91. The maximum Gasteiger partial charge on any atom is 0.139 e. The fourth-order valence-corrected chi connectivity index (χ4v) is 3.17. The van der Waals surface area contributed by atoms with Gasteiger partial charge in [-0.05, 0) is 37.4 Å². The summed E-state index contributed by atoms with van der Waals surface area (Å²) in [5.74, 6) is 0.666. The maximum atomic E-state index is 13.3. The highest BCUT2D eigenvalue weighted by Gasteiger charge is 2.13. The van der Waals surface area contributed by atoms with Crippen molar-refractivity contribution in [3.05, 3.63) is 29.8 Å². The van der Waals surface area contributed by atoms with Crippen LogP contribution in [0.4, 0.5) is 8.78 Å². The van der Waals surface area contributed by atoms with E-state index in [9.17, 15) is 8.78 Å².